The van der Waals surface area contributed by atoms with Crippen LogP contribution in [0.3, 0.4) is 0 Å². The minimum absolute atomic E-state index is 0.00431. The Morgan fingerprint density at radius 3 is 2.03 bits per heavy atom. The highest BCUT2D eigenvalue weighted by molar-refractivity contribution is 5.99. The van der Waals surface area contributed by atoms with Gasteiger partial charge in [0.1, 0.15) is 23.4 Å². The third-order valence-electron chi connectivity index (χ3n) is 11.0. The Hall–Kier alpha value is -5.32. The highest BCUT2D eigenvalue weighted by Gasteiger charge is 2.22. The molecule has 0 atom stereocenters. The smallest absolute Gasteiger partial charge is 0.292 e. The number of hydrogen-bond acceptors (Lipinski definition) is 17. The van der Waals surface area contributed by atoms with Crippen LogP contribution in [0.1, 0.15) is 49.3 Å². The second-order valence-corrected chi connectivity index (χ2v) is 15.9. The molecular formula is C47H67N9O11. The van der Waals surface area contributed by atoms with Gasteiger partial charge in [-0.3, -0.25) is 9.59 Å². The summed E-state index contributed by atoms with van der Waals surface area (Å²) < 4.78 is 51.6. The van der Waals surface area contributed by atoms with Crippen molar-refractivity contribution in [3.63, 3.8) is 0 Å². The molecule has 1 aliphatic rings. The van der Waals surface area contributed by atoms with Gasteiger partial charge in [-0.25, -0.2) is 14.6 Å². The Kier molecular flexibility index (Phi) is 21.4. The summed E-state index contributed by atoms with van der Waals surface area (Å²) in [4.78, 5) is 41.9. The van der Waals surface area contributed by atoms with E-state index in [2.05, 4.69) is 40.1 Å². The van der Waals surface area contributed by atoms with Crippen molar-refractivity contribution in [1.82, 2.24) is 34.5 Å². The summed E-state index contributed by atoms with van der Waals surface area (Å²) in [5.41, 5.74) is 18.8. The molecule has 20 heteroatoms. The van der Waals surface area contributed by atoms with Gasteiger partial charge >= 0.3 is 0 Å². The number of carbonyl (C=O) groups excluding carboxylic acids is 2. The van der Waals surface area contributed by atoms with Crippen LogP contribution in [-0.2, 0) is 67.0 Å². The number of ether oxygens (including phenoxy) is 8. The molecule has 0 aliphatic carbocycles. The average Bonchev–Trinajstić information content (AvgIpc) is 3.90. The molecule has 3 aromatic heterocycles. The lowest BCUT2D eigenvalue weighted by molar-refractivity contribution is -0.133. The van der Waals surface area contributed by atoms with Crippen molar-refractivity contribution < 1.29 is 51.9 Å². The Bertz CT molecular complexity index is 2270. The molecule has 0 radical (unpaired) electrons. The Labute approximate surface area is 391 Å². The van der Waals surface area contributed by atoms with Crippen molar-refractivity contribution in [2.24, 2.45) is 0 Å². The van der Waals surface area contributed by atoms with E-state index in [0.29, 0.717) is 172 Å². The zero-order chi connectivity index (χ0) is 47.1. The van der Waals surface area contributed by atoms with Gasteiger partial charge in [0, 0.05) is 38.9 Å². The fraction of sp³-hybridized carbons (Fsp3) is 0.574. The standard InChI is InChI=1S/C47H67N9O11/c1-3-4-14-59-18-22-63-26-27-64-23-19-60-15-10-41(57)54(2)13-17-62-21-25-66-29-28-65-24-20-61-16-11-42(58)55-12-9-36-30-35(5-6-38(36)33-55)32-56-46-43(45(48)50-34-51-46)44(53-56)37-7-8-40-39(31-37)52-47(49)67-40/h5-8,30-31,34H,3-4,9-29,32-33H2,1-2H3,(H2,49,52)(H2,48,50,51). The van der Waals surface area contributed by atoms with E-state index in [9.17, 15) is 9.59 Å². The molecule has 4 N–H and O–H groups in total. The maximum Gasteiger partial charge on any atom is 0.292 e. The minimum atomic E-state index is -0.00431. The maximum atomic E-state index is 13.1. The number of likely N-dealkylation sites (N-methyl/N-ethyl adjacent to an activating group) is 1. The van der Waals surface area contributed by atoms with Gasteiger partial charge in [0.25, 0.3) is 6.01 Å². The summed E-state index contributed by atoms with van der Waals surface area (Å²) in [5.74, 6) is 0.391. The SMILES string of the molecule is CCCCOCCOCCOCCOCCC(=O)N(C)CCOCCOCCOCCOCCC(=O)N1CCc2cc(Cn3nc(-c4ccc5oc(N)nc5c4)c4c(N)ncnc43)ccc2C1. The van der Waals surface area contributed by atoms with Crippen LogP contribution in [0.15, 0.2) is 47.1 Å². The van der Waals surface area contributed by atoms with Crippen LogP contribution in [-0.4, -0.2) is 172 Å². The number of carbonyl (C=O) groups is 2. The minimum Gasteiger partial charge on any atom is -0.424 e. The van der Waals surface area contributed by atoms with Crippen molar-refractivity contribution in [2.45, 2.75) is 52.1 Å². The molecule has 6 rings (SSSR count). The van der Waals surface area contributed by atoms with Crippen LogP contribution in [0.2, 0.25) is 0 Å². The van der Waals surface area contributed by atoms with E-state index in [1.807, 2.05) is 21.7 Å². The molecule has 0 unspecified atom stereocenters. The number of benzene rings is 2. The summed E-state index contributed by atoms with van der Waals surface area (Å²) >= 11 is 0. The van der Waals surface area contributed by atoms with Crippen LogP contribution in [0.25, 0.3) is 33.4 Å². The molecule has 0 fully saturated rings. The third kappa shape index (κ3) is 16.5. The van der Waals surface area contributed by atoms with Crippen molar-refractivity contribution >= 4 is 45.8 Å². The zero-order valence-corrected chi connectivity index (χ0v) is 39.0. The van der Waals surface area contributed by atoms with Gasteiger partial charge in [0.2, 0.25) is 11.8 Å². The van der Waals surface area contributed by atoms with Crippen LogP contribution >= 0.6 is 0 Å². The number of hydrogen-bond donors (Lipinski definition) is 2. The molecule has 1 aliphatic heterocycles. The molecule has 0 saturated heterocycles. The first kappa shape index (κ1) is 51.1. The quantitative estimate of drug-likeness (QED) is 0.0568. The number of unbranched alkanes of at least 4 members (excludes halogenated alkanes) is 1. The molecule has 0 saturated carbocycles. The largest absolute Gasteiger partial charge is 0.424 e. The number of nitrogens with two attached hydrogens (primary N) is 2. The van der Waals surface area contributed by atoms with Crippen LogP contribution < -0.4 is 11.5 Å². The van der Waals surface area contributed by atoms with E-state index in [-0.39, 0.29) is 17.8 Å². The number of oxazole rings is 1. The topological polar surface area (TPSA) is 236 Å². The number of aromatic nitrogens is 5. The normalized spacial score (nSPS) is 12.7. The highest BCUT2D eigenvalue weighted by Crippen LogP contribution is 2.33. The predicted molar refractivity (Wildman–Crippen MR) is 250 cm³/mol. The Morgan fingerprint density at radius 1 is 0.731 bits per heavy atom. The van der Waals surface area contributed by atoms with E-state index in [1.165, 1.54) is 11.9 Å². The summed E-state index contributed by atoms with van der Waals surface area (Å²) in [7, 11) is 1.75. The second kappa shape index (κ2) is 28.1. The first-order chi connectivity index (χ1) is 32.8. The number of rotatable bonds is 33. The first-order valence-corrected chi connectivity index (χ1v) is 23.2. The van der Waals surface area contributed by atoms with Crippen LogP contribution in [0, 0.1) is 0 Å². The molecule has 0 bridgehead atoms. The van der Waals surface area contributed by atoms with Gasteiger partial charge < -0.3 is 63.6 Å². The predicted octanol–water partition coefficient (Wildman–Crippen LogP) is 3.90. The Morgan fingerprint density at radius 2 is 1.36 bits per heavy atom. The van der Waals surface area contributed by atoms with Gasteiger partial charge in [-0.15, -0.1) is 0 Å². The van der Waals surface area contributed by atoms with Crippen molar-refractivity contribution in [3.8, 4) is 11.3 Å². The molecule has 20 nitrogen and oxygen atoms in total. The van der Waals surface area contributed by atoms with Crippen molar-refractivity contribution in [3.05, 3.63) is 59.4 Å². The fourth-order valence-electron chi connectivity index (χ4n) is 7.29. The average molecular weight is 934 g/mol. The molecule has 2 amide bonds. The summed E-state index contributed by atoms with van der Waals surface area (Å²) in [6, 6.07) is 12.0. The number of amides is 2. The van der Waals surface area contributed by atoms with E-state index >= 15 is 0 Å². The third-order valence-corrected chi connectivity index (χ3v) is 11.0. The monoisotopic (exact) mass is 933 g/mol. The number of fused-ring (bicyclic) bond motifs is 3. The molecule has 0 spiro atoms. The number of nitrogens with zero attached hydrogens (tertiary/aromatic N) is 7. The zero-order valence-electron chi connectivity index (χ0n) is 39.0. The molecule has 2 aromatic carbocycles. The van der Waals surface area contributed by atoms with Gasteiger partial charge in [-0.05, 0) is 47.7 Å². The summed E-state index contributed by atoms with van der Waals surface area (Å²) in [6.45, 7) is 11.7. The van der Waals surface area contributed by atoms with E-state index in [1.54, 1.807) is 18.0 Å². The fourth-order valence-corrected chi connectivity index (χ4v) is 7.29. The lowest BCUT2D eigenvalue weighted by atomic mass is 9.97. The highest BCUT2D eigenvalue weighted by atomic mass is 16.6. The molecule has 67 heavy (non-hydrogen) atoms. The van der Waals surface area contributed by atoms with Crippen LogP contribution in [0.4, 0.5) is 11.8 Å². The molecule has 4 heterocycles. The van der Waals surface area contributed by atoms with Gasteiger partial charge in [-0.1, -0.05) is 31.5 Å². The number of anilines is 2. The molecular weight excluding hydrogens is 867 g/mol. The van der Waals surface area contributed by atoms with E-state index in [0.717, 1.165) is 42.6 Å². The van der Waals surface area contributed by atoms with Crippen molar-refractivity contribution in [1.29, 1.82) is 0 Å². The van der Waals surface area contributed by atoms with Crippen molar-refractivity contribution in [2.75, 3.05) is 137 Å². The van der Waals surface area contributed by atoms with E-state index in [4.69, 9.17) is 58.9 Å². The molecule has 366 valence electrons. The second-order valence-electron chi connectivity index (χ2n) is 15.9. The van der Waals surface area contributed by atoms with Crippen LogP contribution in [0.5, 0.6) is 0 Å². The lowest BCUT2D eigenvalue weighted by Gasteiger charge is -2.29. The maximum absolute atomic E-state index is 13.1. The van der Waals surface area contributed by atoms with Gasteiger partial charge in [0.05, 0.1) is 124 Å². The van der Waals surface area contributed by atoms with Gasteiger partial charge in [-0.2, -0.15) is 10.1 Å². The Balaban J connectivity index is 0.750. The lowest BCUT2D eigenvalue weighted by Crippen LogP contribution is -2.36. The molecule has 5 aromatic rings. The summed E-state index contributed by atoms with van der Waals surface area (Å²) in [6.07, 6.45) is 4.99. The summed E-state index contributed by atoms with van der Waals surface area (Å²) in [5, 5.41) is 5.59. The first-order valence-electron chi connectivity index (χ1n) is 23.2. The van der Waals surface area contributed by atoms with E-state index < -0.39 is 0 Å². The van der Waals surface area contributed by atoms with Gasteiger partial charge in [0.15, 0.2) is 11.2 Å². The number of nitrogen functional groups attached to an aromatic ring is 2.